The van der Waals surface area contributed by atoms with Crippen molar-refractivity contribution in [2.75, 3.05) is 19.0 Å². The number of methoxy groups -OCH3 is 1. The largest absolute Gasteiger partial charge is 0.480 e. The number of hydrogen-bond donors (Lipinski definition) is 2. The van der Waals surface area contributed by atoms with E-state index in [-0.39, 0.29) is 17.9 Å². The van der Waals surface area contributed by atoms with Gasteiger partial charge in [-0.3, -0.25) is 0 Å². The third kappa shape index (κ3) is 3.43. The number of nitrogens with one attached hydrogen (secondary N) is 1. The molecule has 0 saturated carbocycles. The van der Waals surface area contributed by atoms with Crippen LogP contribution in [0.1, 0.15) is 5.56 Å². The van der Waals surface area contributed by atoms with Gasteiger partial charge in [0.15, 0.2) is 0 Å². The summed E-state index contributed by atoms with van der Waals surface area (Å²) in [6, 6.07) is 4.30. The molecule has 0 fully saturated rings. The molecular weight excluding hydrogens is 227 g/mol. The smallest absolute Gasteiger partial charge is 0.328 e. The average molecular weight is 238 g/mol. The summed E-state index contributed by atoms with van der Waals surface area (Å²) in [5.41, 5.74) is 0.311. The average Bonchev–Trinajstić information content (AvgIpc) is 2.30. The van der Waals surface area contributed by atoms with Crippen molar-refractivity contribution < 1.29 is 19.0 Å². The van der Waals surface area contributed by atoms with Crippen LogP contribution in [0, 0.1) is 17.1 Å². The van der Waals surface area contributed by atoms with Crippen LogP contribution in [0.4, 0.5) is 10.1 Å². The van der Waals surface area contributed by atoms with E-state index in [1.165, 1.54) is 13.2 Å². The number of nitriles is 1. The number of nitrogens with zero attached hydrogens (tertiary/aromatic N) is 1. The van der Waals surface area contributed by atoms with Gasteiger partial charge in [-0.15, -0.1) is 0 Å². The standard InChI is InChI=1S/C11H11FN2O3/c1-17-6-10(11(15)16)14-9-3-2-8(12)4-7(9)5-13/h2-4,10,14H,6H2,1H3,(H,15,16). The Morgan fingerprint density at radius 1 is 1.71 bits per heavy atom. The van der Waals surface area contributed by atoms with Crippen LogP contribution in [0.5, 0.6) is 0 Å². The summed E-state index contributed by atoms with van der Waals surface area (Å²) in [6.45, 7) is -0.0580. The molecule has 5 nitrogen and oxygen atoms in total. The maximum atomic E-state index is 12.9. The molecule has 1 unspecified atom stereocenters. The summed E-state index contributed by atoms with van der Waals surface area (Å²) in [6.07, 6.45) is 0. The van der Waals surface area contributed by atoms with E-state index in [1.807, 2.05) is 0 Å². The summed E-state index contributed by atoms with van der Waals surface area (Å²) >= 11 is 0. The van der Waals surface area contributed by atoms with E-state index in [1.54, 1.807) is 6.07 Å². The van der Waals surface area contributed by atoms with E-state index in [9.17, 15) is 9.18 Å². The number of benzene rings is 1. The highest BCUT2D eigenvalue weighted by Gasteiger charge is 2.18. The minimum absolute atomic E-state index is 0.0485. The van der Waals surface area contributed by atoms with Crippen LogP contribution in [0.25, 0.3) is 0 Å². The van der Waals surface area contributed by atoms with Crippen molar-refractivity contribution in [3.05, 3.63) is 29.6 Å². The number of carboxylic acids is 1. The highest BCUT2D eigenvalue weighted by atomic mass is 19.1. The van der Waals surface area contributed by atoms with E-state index in [0.717, 1.165) is 12.1 Å². The molecular formula is C11H11FN2O3. The Morgan fingerprint density at radius 2 is 2.41 bits per heavy atom. The number of rotatable bonds is 5. The Bertz CT molecular complexity index is 457. The topological polar surface area (TPSA) is 82.3 Å². The third-order valence-electron chi connectivity index (χ3n) is 2.06. The first-order valence-electron chi connectivity index (χ1n) is 4.76. The molecule has 0 aromatic heterocycles. The molecule has 90 valence electrons. The number of carboxylic acid groups (broad SMARTS) is 1. The monoisotopic (exact) mass is 238 g/mol. The van der Waals surface area contributed by atoms with E-state index < -0.39 is 17.8 Å². The predicted octanol–water partition coefficient (Wildman–Crippen LogP) is 1.21. The van der Waals surface area contributed by atoms with Gasteiger partial charge in [0, 0.05) is 7.11 Å². The Hall–Kier alpha value is -2.13. The number of carbonyl (C=O) groups is 1. The van der Waals surface area contributed by atoms with Crippen molar-refractivity contribution in [1.29, 1.82) is 5.26 Å². The van der Waals surface area contributed by atoms with Gasteiger partial charge >= 0.3 is 5.97 Å². The quantitative estimate of drug-likeness (QED) is 0.805. The molecule has 0 amide bonds. The lowest BCUT2D eigenvalue weighted by atomic mass is 10.1. The molecule has 0 saturated heterocycles. The maximum absolute atomic E-state index is 12.9. The summed E-state index contributed by atoms with van der Waals surface area (Å²) in [5.74, 6) is -1.66. The fourth-order valence-corrected chi connectivity index (χ4v) is 1.26. The number of anilines is 1. The van der Waals surface area contributed by atoms with Crippen molar-refractivity contribution in [3.8, 4) is 6.07 Å². The lowest BCUT2D eigenvalue weighted by molar-refractivity contribution is -0.139. The number of hydrogen-bond acceptors (Lipinski definition) is 4. The van der Waals surface area contributed by atoms with E-state index >= 15 is 0 Å². The van der Waals surface area contributed by atoms with Crippen LogP contribution in [-0.4, -0.2) is 30.8 Å². The second kappa shape index (κ2) is 5.82. The van der Waals surface area contributed by atoms with Gasteiger partial charge in [0.05, 0.1) is 17.9 Å². The number of ether oxygens (including phenoxy) is 1. The molecule has 0 heterocycles. The minimum Gasteiger partial charge on any atom is -0.480 e. The summed E-state index contributed by atoms with van der Waals surface area (Å²) in [5, 5.41) is 20.3. The zero-order valence-electron chi connectivity index (χ0n) is 9.11. The van der Waals surface area contributed by atoms with Gasteiger partial charge in [0.1, 0.15) is 17.9 Å². The highest BCUT2D eigenvalue weighted by molar-refractivity contribution is 5.78. The van der Waals surface area contributed by atoms with E-state index in [2.05, 4.69) is 5.32 Å². The zero-order chi connectivity index (χ0) is 12.8. The molecule has 6 heteroatoms. The first-order valence-corrected chi connectivity index (χ1v) is 4.76. The molecule has 0 aliphatic carbocycles. The molecule has 1 rings (SSSR count). The van der Waals surface area contributed by atoms with Gasteiger partial charge in [0.25, 0.3) is 0 Å². The van der Waals surface area contributed by atoms with Crippen molar-refractivity contribution in [2.24, 2.45) is 0 Å². The van der Waals surface area contributed by atoms with Gasteiger partial charge < -0.3 is 15.2 Å². The minimum atomic E-state index is -1.11. The SMILES string of the molecule is COCC(Nc1ccc(F)cc1C#N)C(=O)O. The number of aliphatic carboxylic acids is 1. The Balaban J connectivity index is 2.93. The molecule has 1 aromatic rings. The molecule has 0 bridgehead atoms. The van der Waals surface area contributed by atoms with Crippen molar-refractivity contribution >= 4 is 11.7 Å². The van der Waals surface area contributed by atoms with Crippen LogP contribution in [0.3, 0.4) is 0 Å². The first-order chi connectivity index (χ1) is 8.08. The highest BCUT2D eigenvalue weighted by Crippen LogP contribution is 2.17. The van der Waals surface area contributed by atoms with Crippen LogP contribution in [0.15, 0.2) is 18.2 Å². The molecule has 1 atom stereocenters. The molecule has 0 radical (unpaired) electrons. The van der Waals surface area contributed by atoms with Crippen molar-refractivity contribution in [2.45, 2.75) is 6.04 Å². The van der Waals surface area contributed by atoms with E-state index in [4.69, 9.17) is 15.1 Å². The summed E-state index contributed by atoms with van der Waals surface area (Å²) in [7, 11) is 1.37. The second-order valence-electron chi connectivity index (χ2n) is 3.29. The maximum Gasteiger partial charge on any atom is 0.328 e. The van der Waals surface area contributed by atoms with Crippen molar-refractivity contribution in [1.82, 2.24) is 0 Å². The predicted molar refractivity (Wildman–Crippen MR) is 58.0 cm³/mol. The van der Waals surface area contributed by atoms with E-state index in [0.29, 0.717) is 0 Å². The third-order valence-corrected chi connectivity index (χ3v) is 2.06. The fraction of sp³-hybridized carbons (Fsp3) is 0.273. The summed E-state index contributed by atoms with van der Waals surface area (Å²) < 4.78 is 17.6. The molecule has 0 aliphatic heterocycles. The molecule has 0 spiro atoms. The fourth-order valence-electron chi connectivity index (χ4n) is 1.26. The molecule has 0 aliphatic rings. The number of halogens is 1. The first kappa shape index (κ1) is 12.9. The summed E-state index contributed by atoms with van der Waals surface area (Å²) in [4.78, 5) is 10.9. The Labute approximate surface area is 97.4 Å². The van der Waals surface area contributed by atoms with Gasteiger partial charge in [-0.1, -0.05) is 0 Å². The molecule has 1 aromatic carbocycles. The normalized spacial score (nSPS) is 11.6. The van der Waals surface area contributed by atoms with Gasteiger partial charge in [-0.05, 0) is 18.2 Å². The van der Waals surface area contributed by atoms with Crippen LogP contribution < -0.4 is 5.32 Å². The van der Waals surface area contributed by atoms with Crippen LogP contribution in [-0.2, 0) is 9.53 Å². The van der Waals surface area contributed by atoms with Gasteiger partial charge in [0.2, 0.25) is 0 Å². The van der Waals surface area contributed by atoms with Crippen LogP contribution in [0.2, 0.25) is 0 Å². The molecule has 17 heavy (non-hydrogen) atoms. The Morgan fingerprint density at radius 3 is 2.94 bits per heavy atom. The second-order valence-corrected chi connectivity index (χ2v) is 3.29. The van der Waals surface area contributed by atoms with Gasteiger partial charge in [-0.2, -0.15) is 5.26 Å². The Kier molecular flexibility index (Phi) is 4.43. The van der Waals surface area contributed by atoms with Crippen LogP contribution >= 0.6 is 0 Å². The van der Waals surface area contributed by atoms with Crippen molar-refractivity contribution in [3.63, 3.8) is 0 Å². The molecule has 2 N–H and O–H groups in total. The zero-order valence-corrected chi connectivity index (χ0v) is 9.11. The van der Waals surface area contributed by atoms with Gasteiger partial charge in [-0.25, -0.2) is 9.18 Å². The lowest BCUT2D eigenvalue weighted by Crippen LogP contribution is -2.33. The lowest BCUT2D eigenvalue weighted by Gasteiger charge is -2.15.